The lowest BCUT2D eigenvalue weighted by Gasteiger charge is -2.41. The second kappa shape index (κ2) is 6.80. The van der Waals surface area contributed by atoms with Crippen molar-refractivity contribution in [2.45, 2.75) is 50.5 Å². The van der Waals surface area contributed by atoms with E-state index in [0.29, 0.717) is 6.04 Å². The predicted molar refractivity (Wildman–Crippen MR) is 88.6 cm³/mol. The fourth-order valence-electron chi connectivity index (χ4n) is 3.94. The first kappa shape index (κ1) is 15.4. The number of nitrogens with zero attached hydrogens (tertiary/aromatic N) is 1. The van der Waals surface area contributed by atoms with Crippen molar-refractivity contribution in [2.24, 2.45) is 5.92 Å². The van der Waals surface area contributed by atoms with Gasteiger partial charge in [-0.1, -0.05) is 18.2 Å². The van der Waals surface area contributed by atoms with Gasteiger partial charge in [0.05, 0.1) is 19.3 Å². The fraction of sp³-hybridized carbons (Fsp3) is 0.684. The Morgan fingerprint density at radius 1 is 1.17 bits per heavy atom. The summed E-state index contributed by atoms with van der Waals surface area (Å²) in [5.41, 5.74) is 1.26. The maximum Gasteiger partial charge on any atom is 0.123 e. The third-order valence-corrected chi connectivity index (χ3v) is 5.45. The molecule has 0 N–H and O–H groups in total. The van der Waals surface area contributed by atoms with Gasteiger partial charge >= 0.3 is 0 Å². The first-order valence-electron chi connectivity index (χ1n) is 8.94. The monoisotopic (exact) mass is 317 g/mol. The van der Waals surface area contributed by atoms with Gasteiger partial charge in [-0.05, 0) is 37.7 Å². The maximum absolute atomic E-state index is 6.19. The molecule has 4 heteroatoms. The van der Waals surface area contributed by atoms with E-state index in [0.717, 1.165) is 50.8 Å². The molecule has 0 bridgehead atoms. The largest absolute Gasteiger partial charge is 0.496 e. The van der Waals surface area contributed by atoms with Gasteiger partial charge in [0.25, 0.3) is 0 Å². The highest BCUT2D eigenvalue weighted by Gasteiger charge is 2.43. The van der Waals surface area contributed by atoms with E-state index in [9.17, 15) is 0 Å². The molecule has 0 radical (unpaired) electrons. The third kappa shape index (κ3) is 3.39. The van der Waals surface area contributed by atoms with Crippen LogP contribution in [0, 0.1) is 5.92 Å². The average molecular weight is 317 g/mol. The lowest BCUT2D eigenvalue weighted by molar-refractivity contribution is -0.102. The minimum atomic E-state index is 0.247. The molecule has 1 aliphatic carbocycles. The topological polar surface area (TPSA) is 30.9 Å². The summed E-state index contributed by atoms with van der Waals surface area (Å²) in [5, 5.41) is 0. The summed E-state index contributed by atoms with van der Waals surface area (Å²) in [6.45, 7) is 3.81. The SMILES string of the molecule is COc1ccccc1CN1CC[C@@H](OCC2CC2)[C@H]2OCC[C@@H]21. The fourth-order valence-corrected chi connectivity index (χ4v) is 3.94. The highest BCUT2D eigenvalue weighted by atomic mass is 16.5. The van der Waals surface area contributed by atoms with Gasteiger partial charge in [0.15, 0.2) is 0 Å². The van der Waals surface area contributed by atoms with Crippen molar-refractivity contribution in [3.05, 3.63) is 29.8 Å². The van der Waals surface area contributed by atoms with E-state index in [1.807, 2.05) is 12.1 Å². The minimum Gasteiger partial charge on any atom is -0.496 e. The molecular formula is C19H27NO3. The van der Waals surface area contributed by atoms with E-state index in [1.54, 1.807) is 7.11 Å². The smallest absolute Gasteiger partial charge is 0.123 e. The number of likely N-dealkylation sites (tertiary alicyclic amines) is 1. The zero-order valence-electron chi connectivity index (χ0n) is 13.9. The van der Waals surface area contributed by atoms with E-state index in [4.69, 9.17) is 14.2 Å². The van der Waals surface area contributed by atoms with E-state index in [-0.39, 0.29) is 12.2 Å². The van der Waals surface area contributed by atoms with Gasteiger partial charge in [0.2, 0.25) is 0 Å². The number of piperidine rings is 1. The molecule has 0 spiro atoms. The molecule has 1 aromatic carbocycles. The van der Waals surface area contributed by atoms with Crippen molar-refractivity contribution >= 4 is 0 Å². The van der Waals surface area contributed by atoms with Crippen molar-refractivity contribution < 1.29 is 14.2 Å². The Labute approximate surface area is 138 Å². The van der Waals surface area contributed by atoms with Crippen molar-refractivity contribution in [1.29, 1.82) is 0 Å². The van der Waals surface area contributed by atoms with E-state index in [2.05, 4.69) is 17.0 Å². The van der Waals surface area contributed by atoms with Crippen LogP contribution in [-0.4, -0.2) is 50.0 Å². The van der Waals surface area contributed by atoms with Crippen LogP contribution in [0.2, 0.25) is 0 Å². The standard InChI is InChI=1S/C19H27NO3/c1-21-17-5-3-2-4-15(17)12-20-10-8-18(23-13-14-6-7-14)19-16(20)9-11-22-19/h2-5,14,16,18-19H,6-13H2,1H3/t16-,18+,19-/m0/s1. The van der Waals surface area contributed by atoms with Crippen LogP contribution in [0.3, 0.4) is 0 Å². The average Bonchev–Trinajstić information content (AvgIpc) is 3.28. The molecule has 1 saturated carbocycles. The molecule has 23 heavy (non-hydrogen) atoms. The highest BCUT2D eigenvalue weighted by molar-refractivity contribution is 5.33. The number of benzene rings is 1. The summed E-state index contributed by atoms with van der Waals surface area (Å²) in [7, 11) is 1.75. The van der Waals surface area contributed by atoms with Crippen molar-refractivity contribution in [3.63, 3.8) is 0 Å². The van der Waals surface area contributed by atoms with Crippen LogP contribution < -0.4 is 4.74 Å². The van der Waals surface area contributed by atoms with Gasteiger partial charge in [-0.2, -0.15) is 0 Å². The van der Waals surface area contributed by atoms with Crippen LogP contribution in [0.25, 0.3) is 0 Å². The summed E-state index contributed by atoms with van der Waals surface area (Å²) >= 11 is 0. The van der Waals surface area contributed by atoms with Gasteiger partial charge in [-0.25, -0.2) is 0 Å². The van der Waals surface area contributed by atoms with Gasteiger partial charge in [-0.3, -0.25) is 4.90 Å². The molecule has 2 aliphatic heterocycles. The maximum atomic E-state index is 6.19. The zero-order chi connectivity index (χ0) is 15.6. The second-order valence-electron chi connectivity index (χ2n) is 7.08. The number of fused-ring (bicyclic) bond motifs is 1. The zero-order valence-corrected chi connectivity index (χ0v) is 13.9. The Bertz CT molecular complexity index is 531. The van der Waals surface area contributed by atoms with Crippen LogP contribution in [0.1, 0.15) is 31.2 Å². The molecule has 2 saturated heterocycles. The van der Waals surface area contributed by atoms with Gasteiger partial charge in [-0.15, -0.1) is 0 Å². The number of hydrogen-bond donors (Lipinski definition) is 0. The van der Waals surface area contributed by atoms with Gasteiger partial charge in [0, 0.05) is 37.9 Å². The van der Waals surface area contributed by atoms with Crippen molar-refractivity contribution in [2.75, 3.05) is 26.9 Å². The minimum absolute atomic E-state index is 0.247. The Kier molecular flexibility index (Phi) is 4.56. The molecule has 3 atom stereocenters. The molecule has 0 amide bonds. The Morgan fingerprint density at radius 3 is 2.87 bits per heavy atom. The number of para-hydroxylation sites is 1. The number of methoxy groups -OCH3 is 1. The van der Waals surface area contributed by atoms with Gasteiger partial charge < -0.3 is 14.2 Å². The number of ether oxygens (including phenoxy) is 3. The Morgan fingerprint density at radius 2 is 2.04 bits per heavy atom. The molecule has 3 fully saturated rings. The third-order valence-electron chi connectivity index (χ3n) is 5.45. The summed E-state index contributed by atoms with van der Waals surface area (Å²) < 4.78 is 17.7. The second-order valence-corrected chi connectivity index (χ2v) is 7.08. The Hall–Kier alpha value is -1.10. The first-order chi connectivity index (χ1) is 11.3. The lowest BCUT2D eigenvalue weighted by Crippen LogP contribution is -2.53. The molecule has 1 aromatic rings. The van der Waals surface area contributed by atoms with E-state index in [1.165, 1.54) is 18.4 Å². The molecule has 4 nitrogen and oxygen atoms in total. The summed E-state index contributed by atoms with van der Waals surface area (Å²) in [6, 6.07) is 8.81. The molecule has 0 unspecified atom stereocenters. The van der Waals surface area contributed by atoms with Crippen molar-refractivity contribution in [3.8, 4) is 5.75 Å². The van der Waals surface area contributed by atoms with E-state index >= 15 is 0 Å². The summed E-state index contributed by atoms with van der Waals surface area (Å²) in [4.78, 5) is 2.56. The lowest BCUT2D eigenvalue weighted by atomic mass is 9.95. The quantitative estimate of drug-likeness (QED) is 0.807. The van der Waals surface area contributed by atoms with Gasteiger partial charge in [0.1, 0.15) is 5.75 Å². The van der Waals surface area contributed by atoms with Crippen molar-refractivity contribution in [1.82, 2.24) is 4.90 Å². The van der Waals surface area contributed by atoms with Crippen LogP contribution in [0.15, 0.2) is 24.3 Å². The molecule has 3 aliphatic rings. The molecule has 0 aromatic heterocycles. The predicted octanol–water partition coefficient (Wildman–Crippen LogP) is 2.85. The molecule has 126 valence electrons. The first-order valence-corrected chi connectivity index (χ1v) is 8.94. The van der Waals surface area contributed by atoms with E-state index < -0.39 is 0 Å². The van der Waals surface area contributed by atoms with Crippen LogP contribution in [-0.2, 0) is 16.0 Å². The van der Waals surface area contributed by atoms with Crippen LogP contribution in [0.4, 0.5) is 0 Å². The summed E-state index contributed by atoms with van der Waals surface area (Å²) in [5.74, 6) is 1.80. The number of hydrogen-bond acceptors (Lipinski definition) is 4. The van der Waals surface area contributed by atoms with Crippen LogP contribution in [0.5, 0.6) is 5.75 Å². The highest BCUT2D eigenvalue weighted by Crippen LogP contribution is 2.35. The normalized spacial score (nSPS) is 31.1. The summed E-state index contributed by atoms with van der Waals surface area (Å²) in [6.07, 6.45) is 5.42. The Balaban J connectivity index is 1.42. The molecule has 4 rings (SSSR count). The number of rotatable bonds is 6. The molecule has 2 heterocycles. The molecular weight excluding hydrogens is 290 g/mol. The van der Waals surface area contributed by atoms with Crippen LogP contribution >= 0.6 is 0 Å².